The molecule has 0 aliphatic carbocycles. The molecule has 1 heterocycles. The van der Waals surface area contributed by atoms with Gasteiger partial charge in [0.1, 0.15) is 6.10 Å². The van der Waals surface area contributed by atoms with E-state index < -0.39 is 6.10 Å². The van der Waals surface area contributed by atoms with Crippen molar-refractivity contribution in [3.63, 3.8) is 0 Å². The Kier molecular flexibility index (Phi) is 3.17. The van der Waals surface area contributed by atoms with Crippen molar-refractivity contribution in [1.82, 2.24) is 0 Å². The molecule has 0 radical (unpaired) electrons. The van der Waals surface area contributed by atoms with Crippen LogP contribution in [0.15, 0.2) is 35.0 Å². The number of halogens is 1. The van der Waals surface area contributed by atoms with Gasteiger partial charge in [0.15, 0.2) is 6.29 Å². The smallest absolute Gasteiger partial charge is 0.164 e. The van der Waals surface area contributed by atoms with Crippen molar-refractivity contribution in [2.45, 2.75) is 12.5 Å². The summed E-state index contributed by atoms with van der Waals surface area (Å²) in [7, 11) is 0. The molecule has 82 valence electrons. The molecule has 1 aromatic carbocycles. The number of aliphatic hydroxyl groups excluding tert-OH is 1. The summed E-state index contributed by atoms with van der Waals surface area (Å²) in [6.07, 6.45) is 2.03. The molecule has 1 unspecified atom stereocenters. The minimum absolute atomic E-state index is 0.295. The molecular formula is C12H10ClNO2. The molecule has 4 heteroatoms. The zero-order chi connectivity index (χ0) is 11.5. The summed E-state index contributed by atoms with van der Waals surface area (Å²) in [5.41, 5.74) is 1.80. The van der Waals surface area contributed by atoms with E-state index in [4.69, 9.17) is 11.6 Å². The van der Waals surface area contributed by atoms with Crippen molar-refractivity contribution < 1.29 is 9.90 Å². The minimum Gasteiger partial charge on any atom is -0.386 e. The number of hydrogen-bond acceptors (Lipinski definition) is 3. The molecule has 0 bridgehead atoms. The first kappa shape index (κ1) is 11.0. The van der Waals surface area contributed by atoms with Crippen LogP contribution in [-0.4, -0.2) is 23.2 Å². The van der Waals surface area contributed by atoms with Gasteiger partial charge in [0.05, 0.1) is 11.4 Å². The molecule has 1 N–H and O–H groups in total. The molecule has 1 atom stereocenters. The van der Waals surface area contributed by atoms with E-state index in [1.165, 1.54) is 0 Å². The predicted molar refractivity (Wildman–Crippen MR) is 63.6 cm³/mol. The Hall–Kier alpha value is -1.45. The summed E-state index contributed by atoms with van der Waals surface area (Å²) >= 11 is 5.76. The molecular weight excluding hydrogens is 226 g/mol. The Balaban J connectivity index is 2.27. The van der Waals surface area contributed by atoms with Gasteiger partial charge in [-0.2, -0.15) is 0 Å². The van der Waals surface area contributed by atoms with E-state index >= 15 is 0 Å². The lowest BCUT2D eigenvalue weighted by Crippen LogP contribution is -2.06. The second-order valence-electron chi connectivity index (χ2n) is 3.56. The van der Waals surface area contributed by atoms with Crippen LogP contribution < -0.4 is 0 Å². The van der Waals surface area contributed by atoms with Crippen molar-refractivity contribution >= 4 is 29.7 Å². The second-order valence-corrected chi connectivity index (χ2v) is 4.00. The van der Waals surface area contributed by atoms with Crippen molar-refractivity contribution in [2.24, 2.45) is 4.99 Å². The second kappa shape index (κ2) is 4.60. The number of hydrogen-bond donors (Lipinski definition) is 1. The SMILES string of the molecule is O=CC1=NC(=Cc2ccc(Cl)cc2)C(O)C1. The first-order valence-electron chi connectivity index (χ1n) is 4.87. The average molecular weight is 236 g/mol. The topological polar surface area (TPSA) is 49.7 Å². The van der Waals surface area contributed by atoms with Gasteiger partial charge in [-0.15, -0.1) is 0 Å². The molecule has 0 saturated heterocycles. The molecule has 0 aromatic heterocycles. The fourth-order valence-electron chi connectivity index (χ4n) is 1.52. The Morgan fingerprint density at radius 1 is 1.38 bits per heavy atom. The van der Waals surface area contributed by atoms with Gasteiger partial charge in [-0.3, -0.25) is 9.79 Å². The minimum atomic E-state index is -0.684. The molecule has 3 nitrogen and oxygen atoms in total. The van der Waals surface area contributed by atoms with E-state index in [2.05, 4.69) is 4.99 Å². The normalized spacial score (nSPS) is 22.2. The van der Waals surface area contributed by atoms with Gasteiger partial charge in [-0.05, 0) is 23.8 Å². The maximum atomic E-state index is 10.5. The van der Waals surface area contributed by atoms with Crippen molar-refractivity contribution in [2.75, 3.05) is 0 Å². The third-order valence-electron chi connectivity index (χ3n) is 2.34. The maximum absolute atomic E-state index is 10.5. The molecule has 1 aromatic rings. The van der Waals surface area contributed by atoms with Crippen LogP contribution in [0.3, 0.4) is 0 Å². The number of aldehydes is 1. The highest BCUT2D eigenvalue weighted by atomic mass is 35.5. The van der Waals surface area contributed by atoms with Crippen LogP contribution in [0, 0.1) is 0 Å². The standard InChI is InChI=1S/C12H10ClNO2/c13-9-3-1-8(2-4-9)5-11-12(16)6-10(7-15)14-11/h1-5,7,12,16H,6H2. The van der Waals surface area contributed by atoms with Crippen molar-refractivity contribution in [3.8, 4) is 0 Å². The number of carbonyl (C=O) groups excluding carboxylic acids is 1. The van der Waals surface area contributed by atoms with Crippen LogP contribution in [0.2, 0.25) is 5.02 Å². The summed E-state index contributed by atoms with van der Waals surface area (Å²) in [5, 5.41) is 10.3. The van der Waals surface area contributed by atoms with Crippen LogP contribution in [0.1, 0.15) is 12.0 Å². The molecule has 0 amide bonds. The summed E-state index contributed by atoms with van der Waals surface area (Å²) in [4.78, 5) is 14.5. The third kappa shape index (κ3) is 2.38. The van der Waals surface area contributed by atoms with Crippen LogP contribution >= 0.6 is 11.6 Å². The highest BCUT2D eigenvalue weighted by Gasteiger charge is 2.20. The van der Waals surface area contributed by atoms with Crippen molar-refractivity contribution in [3.05, 3.63) is 40.5 Å². The molecule has 0 saturated carbocycles. The van der Waals surface area contributed by atoms with Crippen LogP contribution in [-0.2, 0) is 4.79 Å². The van der Waals surface area contributed by atoms with Gasteiger partial charge in [0.25, 0.3) is 0 Å². The zero-order valence-corrected chi connectivity index (χ0v) is 9.19. The quantitative estimate of drug-likeness (QED) is 0.798. The average Bonchev–Trinajstić information content (AvgIpc) is 2.63. The number of rotatable bonds is 2. The van der Waals surface area contributed by atoms with E-state index in [1.54, 1.807) is 18.2 Å². The van der Waals surface area contributed by atoms with E-state index in [9.17, 15) is 9.90 Å². The Labute approximate surface area is 98.1 Å². The summed E-state index contributed by atoms with van der Waals surface area (Å²) < 4.78 is 0. The number of benzene rings is 1. The Morgan fingerprint density at radius 2 is 2.06 bits per heavy atom. The van der Waals surface area contributed by atoms with E-state index in [1.807, 2.05) is 12.1 Å². The van der Waals surface area contributed by atoms with E-state index in [0.29, 0.717) is 29.1 Å². The third-order valence-corrected chi connectivity index (χ3v) is 2.59. The summed E-state index contributed by atoms with van der Waals surface area (Å²) in [6, 6.07) is 7.19. The number of aliphatic imine (C=N–C) groups is 1. The first-order chi connectivity index (χ1) is 7.69. The van der Waals surface area contributed by atoms with Crippen LogP contribution in [0.5, 0.6) is 0 Å². The lowest BCUT2D eigenvalue weighted by atomic mass is 10.1. The Morgan fingerprint density at radius 3 is 2.62 bits per heavy atom. The fraction of sp³-hybridized carbons (Fsp3) is 0.167. The van der Waals surface area contributed by atoms with Crippen LogP contribution in [0.4, 0.5) is 0 Å². The highest BCUT2D eigenvalue weighted by molar-refractivity contribution is 6.30. The molecule has 0 spiro atoms. The maximum Gasteiger partial charge on any atom is 0.164 e. The largest absolute Gasteiger partial charge is 0.386 e. The number of carbonyl (C=O) groups is 1. The summed E-state index contributed by atoms with van der Waals surface area (Å²) in [6.45, 7) is 0. The molecule has 1 aliphatic heterocycles. The highest BCUT2D eigenvalue weighted by Crippen LogP contribution is 2.21. The van der Waals surface area contributed by atoms with E-state index in [-0.39, 0.29) is 0 Å². The molecule has 0 fully saturated rings. The van der Waals surface area contributed by atoms with Gasteiger partial charge in [0.2, 0.25) is 0 Å². The number of aliphatic hydroxyl groups is 1. The first-order valence-corrected chi connectivity index (χ1v) is 5.25. The van der Waals surface area contributed by atoms with Gasteiger partial charge in [-0.25, -0.2) is 0 Å². The fourth-order valence-corrected chi connectivity index (χ4v) is 1.65. The lowest BCUT2D eigenvalue weighted by Gasteiger charge is -2.01. The monoisotopic (exact) mass is 235 g/mol. The van der Waals surface area contributed by atoms with Gasteiger partial charge >= 0.3 is 0 Å². The lowest BCUT2D eigenvalue weighted by molar-refractivity contribution is -0.102. The van der Waals surface area contributed by atoms with Crippen LogP contribution in [0.25, 0.3) is 6.08 Å². The number of nitrogens with zero attached hydrogens (tertiary/aromatic N) is 1. The molecule has 2 rings (SSSR count). The molecule has 16 heavy (non-hydrogen) atoms. The Bertz CT molecular complexity index is 462. The summed E-state index contributed by atoms with van der Waals surface area (Å²) in [5.74, 6) is 0. The zero-order valence-electron chi connectivity index (χ0n) is 8.43. The van der Waals surface area contributed by atoms with Gasteiger partial charge < -0.3 is 5.11 Å². The van der Waals surface area contributed by atoms with Crippen molar-refractivity contribution in [1.29, 1.82) is 0 Å². The van der Waals surface area contributed by atoms with Gasteiger partial charge in [-0.1, -0.05) is 23.7 Å². The van der Waals surface area contributed by atoms with Gasteiger partial charge in [0, 0.05) is 11.4 Å². The predicted octanol–water partition coefficient (Wildman–Crippen LogP) is 2.09. The van der Waals surface area contributed by atoms with E-state index in [0.717, 1.165) is 5.56 Å². The molecule has 1 aliphatic rings.